The van der Waals surface area contributed by atoms with Gasteiger partial charge in [-0.25, -0.2) is 4.79 Å². The molecule has 2 aromatic rings. The van der Waals surface area contributed by atoms with Crippen LogP contribution in [0, 0.1) is 0 Å². The summed E-state index contributed by atoms with van der Waals surface area (Å²) in [7, 11) is 0. The molecule has 0 saturated heterocycles. The first-order chi connectivity index (χ1) is 11.7. The molecule has 5 nitrogen and oxygen atoms in total. The van der Waals surface area contributed by atoms with Crippen molar-refractivity contribution in [1.82, 2.24) is 4.90 Å². The first kappa shape index (κ1) is 15.1. The second-order valence-corrected chi connectivity index (χ2v) is 6.42. The first-order valence-electron chi connectivity index (χ1n) is 7.91. The Bertz CT molecular complexity index is 759. The zero-order chi connectivity index (χ0) is 16.5. The first-order valence-corrected chi connectivity index (χ1v) is 8.28. The third kappa shape index (κ3) is 3.26. The van der Waals surface area contributed by atoms with E-state index in [0.717, 1.165) is 18.4 Å². The van der Waals surface area contributed by atoms with Gasteiger partial charge in [-0.15, -0.1) is 0 Å². The maximum absolute atomic E-state index is 12.7. The Labute approximate surface area is 145 Å². The number of fused-ring (bicyclic) bond motifs is 1. The molecule has 1 heterocycles. The molecule has 1 N–H and O–H groups in total. The van der Waals surface area contributed by atoms with Crippen molar-refractivity contribution in [1.29, 1.82) is 0 Å². The maximum atomic E-state index is 12.7. The Morgan fingerprint density at radius 1 is 1.12 bits per heavy atom. The molecule has 0 bridgehead atoms. The maximum Gasteiger partial charge on any atom is 0.322 e. The van der Waals surface area contributed by atoms with Crippen LogP contribution in [0.4, 0.5) is 10.5 Å². The van der Waals surface area contributed by atoms with Crippen LogP contribution in [0.15, 0.2) is 42.5 Å². The van der Waals surface area contributed by atoms with Gasteiger partial charge in [0, 0.05) is 29.4 Å². The predicted molar refractivity (Wildman–Crippen MR) is 91.6 cm³/mol. The molecule has 1 aliphatic carbocycles. The predicted octanol–water partition coefficient (Wildman–Crippen LogP) is 4.27. The minimum absolute atomic E-state index is 0.105. The second kappa shape index (κ2) is 6.24. The number of carbonyl (C=O) groups excluding carboxylic acids is 1. The van der Waals surface area contributed by atoms with Crippen LogP contribution in [-0.4, -0.2) is 23.8 Å². The Kier molecular flexibility index (Phi) is 3.94. The van der Waals surface area contributed by atoms with Gasteiger partial charge in [0.25, 0.3) is 0 Å². The monoisotopic (exact) mass is 344 g/mol. The largest absolute Gasteiger partial charge is 0.454 e. The third-order valence-electron chi connectivity index (χ3n) is 4.14. The van der Waals surface area contributed by atoms with E-state index < -0.39 is 0 Å². The van der Waals surface area contributed by atoms with E-state index in [0.29, 0.717) is 34.8 Å². The fourth-order valence-corrected chi connectivity index (χ4v) is 2.84. The van der Waals surface area contributed by atoms with Crippen LogP contribution in [-0.2, 0) is 6.54 Å². The van der Waals surface area contributed by atoms with E-state index in [1.165, 1.54) is 0 Å². The molecule has 2 aliphatic rings. The standard InChI is InChI=1S/C18H17ClN2O3/c19-13-3-1-12(2-4-13)10-21(15-6-7-15)18(22)20-14-5-8-16-17(9-14)24-11-23-16/h1-5,8-9,15H,6-7,10-11H2,(H,20,22). The van der Waals surface area contributed by atoms with Crippen molar-refractivity contribution in [2.75, 3.05) is 12.1 Å². The van der Waals surface area contributed by atoms with Crippen LogP contribution in [0.2, 0.25) is 5.02 Å². The van der Waals surface area contributed by atoms with Gasteiger partial charge >= 0.3 is 6.03 Å². The van der Waals surface area contributed by atoms with Gasteiger partial charge < -0.3 is 19.7 Å². The van der Waals surface area contributed by atoms with Crippen molar-refractivity contribution in [3.63, 3.8) is 0 Å². The Morgan fingerprint density at radius 2 is 1.88 bits per heavy atom. The summed E-state index contributed by atoms with van der Waals surface area (Å²) in [4.78, 5) is 14.6. The number of nitrogens with one attached hydrogen (secondary N) is 1. The van der Waals surface area contributed by atoms with E-state index in [1.807, 2.05) is 35.2 Å². The summed E-state index contributed by atoms with van der Waals surface area (Å²) in [6, 6.07) is 13.2. The lowest BCUT2D eigenvalue weighted by Gasteiger charge is -2.23. The fraction of sp³-hybridized carbons (Fsp3) is 0.278. The quantitative estimate of drug-likeness (QED) is 0.901. The molecule has 24 heavy (non-hydrogen) atoms. The van der Waals surface area contributed by atoms with E-state index in [9.17, 15) is 4.79 Å². The summed E-state index contributed by atoms with van der Waals surface area (Å²) in [5, 5.41) is 3.65. The minimum Gasteiger partial charge on any atom is -0.454 e. The number of anilines is 1. The van der Waals surface area contributed by atoms with Gasteiger partial charge in [0.15, 0.2) is 11.5 Å². The molecule has 124 valence electrons. The summed E-state index contributed by atoms with van der Waals surface area (Å²) in [5.74, 6) is 1.36. The summed E-state index contributed by atoms with van der Waals surface area (Å²) in [6.07, 6.45) is 2.09. The van der Waals surface area contributed by atoms with Crippen molar-refractivity contribution in [3.05, 3.63) is 53.1 Å². The van der Waals surface area contributed by atoms with Gasteiger partial charge in [-0.3, -0.25) is 0 Å². The molecule has 1 fully saturated rings. The molecule has 0 spiro atoms. The summed E-state index contributed by atoms with van der Waals surface area (Å²) < 4.78 is 10.6. The topological polar surface area (TPSA) is 50.8 Å². The number of benzene rings is 2. The molecule has 4 rings (SSSR count). The number of halogens is 1. The number of amides is 2. The van der Waals surface area contributed by atoms with E-state index in [-0.39, 0.29) is 12.8 Å². The van der Waals surface area contributed by atoms with Crippen molar-refractivity contribution < 1.29 is 14.3 Å². The number of nitrogens with zero attached hydrogens (tertiary/aromatic N) is 1. The van der Waals surface area contributed by atoms with Gasteiger partial charge in [0.05, 0.1) is 0 Å². The smallest absolute Gasteiger partial charge is 0.322 e. The van der Waals surface area contributed by atoms with Crippen LogP contribution >= 0.6 is 11.6 Å². The van der Waals surface area contributed by atoms with Gasteiger partial charge in [-0.1, -0.05) is 23.7 Å². The highest BCUT2D eigenvalue weighted by molar-refractivity contribution is 6.30. The molecule has 0 radical (unpaired) electrons. The van der Waals surface area contributed by atoms with E-state index >= 15 is 0 Å². The minimum atomic E-state index is -0.105. The zero-order valence-electron chi connectivity index (χ0n) is 13.0. The van der Waals surface area contributed by atoms with E-state index in [1.54, 1.807) is 12.1 Å². The zero-order valence-corrected chi connectivity index (χ0v) is 13.8. The highest BCUT2D eigenvalue weighted by Crippen LogP contribution is 2.35. The molecular weight excluding hydrogens is 328 g/mol. The molecule has 2 aromatic carbocycles. The molecule has 1 aliphatic heterocycles. The lowest BCUT2D eigenvalue weighted by Crippen LogP contribution is -2.36. The summed E-state index contributed by atoms with van der Waals surface area (Å²) in [6.45, 7) is 0.787. The van der Waals surface area contributed by atoms with E-state index in [4.69, 9.17) is 21.1 Å². The lowest BCUT2D eigenvalue weighted by molar-refractivity contribution is 0.174. The summed E-state index contributed by atoms with van der Waals surface area (Å²) >= 11 is 5.92. The number of hydrogen-bond acceptors (Lipinski definition) is 3. The Balaban J connectivity index is 1.47. The number of urea groups is 1. The number of rotatable bonds is 4. The van der Waals surface area contributed by atoms with Crippen LogP contribution < -0.4 is 14.8 Å². The molecular formula is C18H17ClN2O3. The summed E-state index contributed by atoms with van der Waals surface area (Å²) in [5.41, 5.74) is 1.76. The van der Waals surface area contributed by atoms with Crippen LogP contribution in [0.1, 0.15) is 18.4 Å². The van der Waals surface area contributed by atoms with Gasteiger partial charge in [0.1, 0.15) is 0 Å². The average Bonchev–Trinajstić information content (AvgIpc) is 3.31. The Hall–Kier alpha value is -2.40. The molecule has 0 aromatic heterocycles. The normalized spacial score (nSPS) is 15.2. The molecule has 0 unspecified atom stereocenters. The van der Waals surface area contributed by atoms with Gasteiger partial charge in [-0.05, 0) is 42.7 Å². The van der Waals surface area contributed by atoms with Crippen LogP contribution in [0.3, 0.4) is 0 Å². The van der Waals surface area contributed by atoms with Crippen molar-refractivity contribution >= 4 is 23.3 Å². The lowest BCUT2D eigenvalue weighted by atomic mass is 10.2. The third-order valence-corrected chi connectivity index (χ3v) is 4.39. The SMILES string of the molecule is O=C(Nc1ccc2c(c1)OCO2)N(Cc1ccc(Cl)cc1)C1CC1. The number of ether oxygens (including phenoxy) is 2. The fourth-order valence-electron chi connectivity index (χ4n) is 2.71. The second-order valence-electron chi connectivity index (χ2n) is 5.98. The van der Waals surface area contributed by atoms with Gasteiger partial charge in [-0.2, -0.15) is 0 Å². The van der Waals surface area contributed by atoms with Crippen LogP contribution in [0.25, 0.3) is 0 Å². The van der Waals surface area contributed by atoms with Crippen LogP contribution in [0.5, 0.6) is 11.5 Å². The molecule has 6 heteroatoms. The van der Waals surface area contributed by atoms with Crippen molar-refractivity contribution in [2.24, 2.45) is 0 Å². The van der Waals surface area contributed by atoms with E-state index in [2.05, 4.69) is 5.32 Å². The highest BCUT2D eigenvalue weighted by Gasteiger charge is 2.32. The highest BCUT2D eigenvalue weighted by atomic mass is 35.5. The van der Waals surface area contributed by atoms with Crippen molar-refractivity contribution in [2.45, 2.75) is 25.4 Å². The molecule has 1 saturated carbocycles. The van der Waals surface area contributed by atoms with Crippen molar-refractivity contribution in [3.8, 4) is 11.5 Å². The van der Waals surface area contributed by atoms with Gasteiger partial charge in [0.2, 0.25) is 6.79 Å². The average molecular weight is 345 g/mol. The number of hydrogen-bond donors (Lipinski definition) is 1. The molecule has 2 amide bonds. The Morgan fingerprint density at radius 3 is 2.62 bits per heavy atom. The number of carbonyl (C=O) groups is 1. The molecule has 0 atom stereocenters.